The van der Waals surface area contributed by atoms with E-state index in [1.807, 2.05) is 49.7 Å². The third-order valence-electron chi connectivity index (χ3n) is 3.55. The van der Waals surface area contributed by atoms with Gasteiger partial charge >= 0.3 is 0 Å². The van der Waals surface area contributed by atoms with E-state index in [0.29, 0.717) is 24.0 Å². The van der Waals surface area contributed by atoms with Crippen molar-refractivity contribution in [3.05, 3.63) is 59.9 Å². The van der Waals surface area contributed by atoms with Gasteiger partial charge in [-0.05, 0) is 29.8 Å². The van der Waals surface area contributed by atoms with E-state index in [4.69, 9.17) is 0 Å². The average Bonchev–Trinajstić information content (AvgIpc) is 3.17. The van der Waals surface area contributed by atoms with Crippen molar-refractivity contribution < 1.29 is 4.79 Å². The maximum absolute atomic E-state index is 12.5. The van der Waals surface area contributed by atoms with Crippen LogP contribution in [0.5, 0.6) is 0 Å². The van der Waals surface area contributed by atoms with Crippen molar-refractivity contribution >= 4 is 11.9 Å². The number of aromatic amines is 1. The van der Waals surface area contributed by atoms with Crippen LogP contribution in [0.1, 0.15) is 42.6 Å². The lowest BCUT2D eigenvalue weighted by Gasteiger charge is -2.12. The lowest BCUT2D eigenvalue weighted by Crippen LogP contribution is -2.18. The molecule has 1 amide bonds. The van der Waals surface area contributed by atoms with E-state index in [9.17, 15) is 4.79 Å². The molecular weight excluding hydrogens is 304 g/mol. The fraction of sp³-hybridized carbons (Fsp3) is 0.294. The number of pyridine rings is 1. The van der Waals surface area contributed by atoms with Crippen molar-refractivity contribution in [2.75, 3.05) is 5.32 Å². The predicted octanol–water partition coefficient (Wildman–Crippen LogP) is 2.60. The smallest absolute Gasteiger partial charge is 0.274 e. The molecule has 3 heterocycles. The first kappa shape index (κ1) is 15.9. The van der Waals surface area contributed by atoms with E-state index in [-0.39, 0.29) is 11.3 Å². The number of hydrogen-bond acceptors (Lipinski definition) is 4. The Morgan fingerprint density at radius 2 is 2.00 bits per heavy atom. The van der Waals surface area contributed by atoms with Gasteiger partial charge in [0.15, 0.2) is 5.82 Å². The van der Waals surface area contributed by atoms with Gasteiger partial charge in [-0.3, -0.25) is 15.1 Å². The van der Waals surface area contributed by atoms with Crippen LogP contribution in [-0.4, -0.2) is 30.6 Å². The third kappa shape index (κ3) is 3.51. The summed E-state index contributed by atoms with van der Waals surface area (Å²) >= 11 is 0. The number of hydrogen-bond donors (Lipinski definition) is 2. The molecule has 0 radical (unpaired) electrons. The summed E-state index contributed by atoms with van der Waals surface area (Å²) in [6, 6.07) is 7.47. The van der Waals surface area contributed by atoms with Crippen LogP contribution in [-0.2, 0) is 12.0 Å². The first-order valence-electron chi connectivity index (χ1n) is 7.72. The fourth-order valence-electron chi connectivity index (χ4n) is 2.27. The molecule has 0 aliphatic carbocycles. The van der Waals surface area contributed by atoms with Crippen LogP contribution in [0.2, 0.25) is 0 Å². The van der Waals surface area contributed by atoms with Crippen molar-refractivity contribution in [2.24, 2.45) is 0 Å². The molecule has 0 spiro atoms. The minimum Gasteiger partial charge on any atom is -0.339 e. The summed E-state index contributed by atoms with van der Waals surface area (Å²) in [5.74, 6) is 0.775. The molecule has 7 nitrogen and oxygen atoms in total. The van der Waals surface area contributed by atoms with E-state index in [1.165, 1.54) is 0 Å². The first-order chi connectivity index (χ1) is 11.4. The van der Waals surface area contributed by atoms with Crippen LogP contribution in [0.15, 0.2) is 42.9 Å². The fourth-order valence-corrected chi connectivity index (χ4v) is 2.27. The molecule has 0 aromatic carbocycles. The Labute approximate surface area is 140 Å². The number of H-pyrrole nitrogens is 1. The molecule has 3 aromatic rings. The van der Waals surface area contributed by atoms with Crippen LogP contribution in [0.4, 0.5) is 5.95 Å². The second-order valence-corrected chi connectivity index (χ2v) is 6.59. The summed E-state index contributed by atoms with van der Waals surface area (Å²) in [6.07, 6.45) is 5.35. The summed E-state index contributed by atoms with van der Waals surface area (Å²) < 4.78 is 1.88. The number of anilines is 1. The number of aromatic nitrogens is 5. The highest BCUT2D eigenvalue weighted by atomic mass is 16.2. The van der Waals surface area contributed by atoms with Crippen LogP contribution >= 0.6 is 0 Å². The van der Waals surface area contributed by atoms with Gasteiger partial charge in [0.25, 0.3) is 5.91 Å². The van der Waals surface area contributed by atoms with E-state index in [0.717, 1.165) is 5.56 Å². The minimum absolute atomic E-state index is 0.180. The zero-order valence-electron chi connectivity index (χ0n) is 13.9. The molecule has 0 fully saturated rings. The molecule has 7 heteroatoms. The molecule has 24 heavy (non-hydrogen) atoms. The highest BCUT2D eigenvalue weighted by Crippen LogP contribution is 2.18. The second kappa shape index (κ2) is 6.27. The van der Waals surface area contributed by atoms with Gasteiger partial charge in [0.2, 0.25) is 5.95 Å². The zero-order chi connectivity index (χ0) is 17.2. The summed E-state index contributed by atoms with van der Waals surface area (Å²) in [7, 11) is 0. The Bertz CT molecular complexity index is 828. The molecule has 0 aliphatic heterocycles. The topological polar surface area (TPSA) is 88.5 Å². The largest absolute Gasteiger partial charge is 0.339 e. The quantitative estimate of drug-likeness (QED) is 0.772. The third-order valence-corrected chi connectivity index (χ3v) is 3.55. The maximum atomic E-state index is 12.5. The minimum atomic E-state index is -0.231. The van der Waals surface area contributed by atoms with Gasteiger partial charge in [-0.25, -0.2) is 5.10 Å². The molecule has 0 bridgehead atoms. The zero-order valence-corrected chi connectivity index (χ0v) is 13.9. The Balaban J connectivity index is 1.74. The second-order valence-electron chi connectivity index (χ2n) is 6.59. The summed E-state index contributed by atoms with van der Waals surface area (Å²) in [4.78, 5) is 20.8. The van der Waals surface area contributed by atoms with Gasteiger partial charge < -0.3 is 4.57 Å². The van der Waals surface area contributed by atoms with E-state index in [1.54, 1.807) is 18.5 Å². The first-order valence-corrected chi connectivity index (χ1v) is 7.72. The van der Waals surface area contributed by atoms with Crippen molar-refractivity contribution in [1.29, 1.82) is 0 Å². The Hall–Kier alpha value is -2.96. The number of carbonyl (C=O) groups is 1. The maximum Gasteiger partial charge on any atom is 0.274 e. The molecule has 2 N–H and O–H groups in total. The van der Waals surface area contributed by atoms with Gasteiger partial charge in [-0.1, -0.05) is 20.8 Å². The molecule has 3 rings (SSSR count). The molecule has 124 valence electrons. The molecular formula is C17H20N6O. The number of amides is 1. The summed E-state index contributed by atoms with van der Waals surface area (Å²) in [6.45, 7) is 6.65. The number of rotatable bonds is 4. The summed E-state index contributed by atoms with van der Waals surface area (Å²) in [5.41, 5.74) is 1.45. The van der Waals surface area contributed by atoms with Crippen LogP contribution in [0, 0.1) is 0 Å². The van der Waals surface area contributed by atoms with Gasteiger partial charge in [-0.15, -0.1) is 0 Å². The van der Waals surface area contributed by atoms with Crippen LogP contribution in [0.3, 0.4) is 0 Å². The Morgan fingerprint density at radius 3 is 2.67 bits per heavy atom. The number of carbonyl (C=O) groups excluding carboxylic acids is 1. The van der Waals surface area contributed by atoms with E-state index in [2.05, 4.69) is 25.5 Å². The van der Waals surface area contributed by atoms with Crippen molar-refractivity contribution in [3.63, 3.8) is 0 Å². The normalized spacial score (nSPS) is 11.5. The number of nitrogens with one attached hydrogen (secondary N) is 2. The molecule has 0 aliphatic rings. The molecule has 0 saturated heterocycles. The van der Waals surface area contributed by atoms with Crippen LogP contribution in [0.25, 0.3) is 0 Å². The summed E-state index contributed by atoms with van der Waals surface area (Å²) in [5, 5.41) is 9.67. The highest BCUT2D eigenvalue weighted by Gasteiger charge is 2.20. The SMILES string of the molecule is CC(C)(C)c1n[nH]c(NC(=O)c2cccn2Cc2ccncc2)n1. The molecule has 0 saturated carbocycles. The molecule has 3 aromatic heterocycles. The monoisotopic (exact) mass is 324 g/mol. The van der Waals surface area contributed by atoms with Gasteiger partial charge in [-0.2, -0.15) is 10.1 Å². The average molecular weight is 324 g/mol. The Kier molecular flexibility index (Phi) is 4.16. The lowest BCUT2D eigenvalue weighted by atomic mass is 9.96. The van der Waals surface area contributed by atoms with Gasteiger partial charge in [0.05, 0.1) is 0 Å². The molecule has 0 unspecified atom stereocenters. The van der Waals surface area contributed by atoms with Crippen molar-refractivity contribution in [1.82, 2.24) is 24.7 Å². The predicted molar refractivity (Wildman–Crippen MR) is 90.8 cm³/mol. The van der Waals surface area contributed by atoms with Crippen molar-refractivity contribution in [3.8, 4) is 0 Å². The standard InChI is InChI=1S/C17H20N6O/c1-17(2,3)15-20-16(22-21-15)19-14(24)13-5-4-10-23(13)11-12-6-8-18-9-7-12/h4-10H,11H2,1-3H3,(H2,19,20,21,22,24). The molecule has 0 atom stereocenters. The highest BCUT2D eigenvalue weighted by molar-refractivity contribution is 6.02. The van der Waals surface area contributed by atoms with Crippen LogP contribution < -0.4 is 5.32 Å². The van der Waals surface area contributed by atoms with Gasteiger partial charge in [0, 0.05) is 30.6 Å². The Morgan fingerprint density at radius 1 is 1.25 bits per heavy atom. The van der Waals surface area contributed by atoms with Crippen molar-refractivity contribution in [2.45, 2.75) is 32.7 Å². The van der Waals surface area contributed by atoms with Gasteiger partial charge in [0.1, 0.15) is 5.69 Å². The van der Waals surface area contributed by atoms with E-state index >= 15 is 0 Å². The lowest BCUT2D eigenvalue weighted by molar-refractivity contribution is 0.101. The number of nitrogens with zero attached hydrogens (tertiary/aromatic N) is 4. The van der Waals surface area contributed by atoms with E-state index < -0.39 is 0 Å².